The summed E-state index contributed by atoms with van der Waals surface area (Å²) in [6.45, 7) is 0. The lowest BCUT2D eigenvalue weighted by atomic mass is 10.1. The second-order valence-corrected chi connectivity index (χ2v) is 5.40. The Balaban J connectivity index is 1.75. The SMILES string of the molecule is CN(C(=O)C(=O)Nc1ccc2ccccc2c1)c1ccc(O)cc1. The van der Waals surface area contributed by atoms with E-state index in [1.165, 1.54) is 24.1 Å². The molecule has 0 spiro atoms. The highest BCUT2D eigenvalue weighted by Gasteiger charge is 2.20. The quantitative estimate of drug-likeness (QED) is 0.713. The number of nitrogens with one attached hydrogen (secondary N) is 1. The fourth-order valence-corrected chi connectivity index (χ4v) is 2.40. The molecule has 0 atom stereocenters. The summed E-state index contributed by atoms with van der Waals surface area (Å²) >= 11 is 0. The maximum absolute atomic E-state index is 12.2. The van der Waals surface area contributed by atoms with Crippen molar-refractivity contribution in [2.75, 3.05) is 17.3 Å². The number of aromatic hydroxyl groups is 1. The molecule has 2 amide bonds. The highest BCUT2D eigenvalue weighted by atomic mass is 16.3. The summed E-state index contributed by atoms with van der Waals surface area (Å²) in [5.74, 6) is -1.31. The van der Waals surface area contributed by atoms with Crippen molar-refractivity contribution in [1.29, 1.82) is 0 Å². The molecule has 0 aliphatic carbocycles. The average molecular weight is 320 g/mol. The van der Waals surface area contributed by atoms with Crippen molar-refractivity contribution >= 4 is 34.0 Å². The van der Waals surface area contributed by atoms with E-state index in [1.807, 2.05) is 36.4 Å². The number of anilines is 2. The van der Waals surface area contributed by atoms with Crippen LogP contribution in [0.5, 0.6) is 5.75 Å². The lowest BCUT2D eigenvalue weighted by Gasteiger charge is -2.17. The minimum atomic E-state index is -0.721. The molecule has 0 bridgehead atoms. The number of amides is 2. The second kappa shape index (κ2) is 6.42. The van der Waals surface area contributed by atoms with E-state index in [-0.39, 0.29) is 5.75 Å². The van der Waals surface area contributed by atoms with E-state index >= 15 is 0 Å². The van der Waals surface area contributed by atoms with Crippen molar-refractivity contribution in [3.05, 3.63) is 66.7 Å². The van der Waals surface area contributed by atoms with E-state index in [9.17, 15) is 14.7 Å². The van der Waals surface area contributed by atoms with Gasteiger partial charge in [0.15, 0.2) is 0 Å². The zero-order valence-corrected chi connectivity index (χ0v) is 13.1. The molecule has 0 aliphatic heterocycles. The average Bonchev–Trinajstić information content (AvgIpc) is 2.61. The number of nitrogens with zero attached hydrogens (tertiary/aromatic N) is 1. The molecule has 0 saturated heterocycles. The molecule has 3 aromatic carbocycles. The molecule has 5 heteroatoms. The van der Waals surface area contributed by atoms with Gasteiger partial charge in [0.1, 0.15) is 5.75 Å². The van der Waals surface area contributed by atoms with Gasteiger partial charge in [0.05, 0.1) is 0 Å². The Kier molecular flexibility index (Phi) is 4.16. The van der Waals surface area contributed by atoms with Gasteiger partial charge < -0.3 is 15.3 Å². The van der Waals surface area contributed by atoms with Crippen LogP contribution in [0.15, 0.2) is 66.7 Å². The molecule has 0 aliphatic rings. The van der Waals surface area contributed by atoms with E-state index in [2.05, 4.69) is 5.32 Å². The predicted molar refractivity (Wildman–Crippen MR) is 94.1 cm³/mol. The molecule has 0 radical (unpaired) electrons. The van der Waals surface area contributed by atoms with Gasteiger partial charge in [0, 0.05) is 18.4 Å². The summed E-state index contributed by atoms with van der Waals surface area (Å²) in [6, 6.07) is 19.3. The summed E-state index contributed by atoms with van der Waals surface area (Å²) in [5.41, 5.74) is 1.08. The molecule has 0 saturated carbocycles. The summed E-state index contributed by atoms with van der Waals surface area (Å²) < 4.78 is 0. The van der Waals surface area contributed by atoms with Crippen LogP contribution in [-0.2, 0) is 9.59 Å². The van der Waals surface area contributed by atoms with Crippen molar-refractivity contribution in [3.63, 3.8) is 0 Å². The van der Waals surface area contributed by atoms with Crippen LogP contribution in [0.2, 0.25) is 0 Å². The molecule has 0 aromatic heterocycles. The van der Waals surface area contributed by atoms with Gasteiger partial charge in [0.25, 0.3) is 0 Å². The van der Waals surface area contributed by atoms with Gasteiger partial charge in [-0.3, -0.25) is 9.59 Å². The third-order valence-electron chi connectivity index (χ3n) is 3.74. The Bertz CT molecular complexity index is 904. The van der Waals surface area contributed by atoms with Crippen LogP contribution in [0.3, 0.4) is 0 Å². The van der Waals surface area contributed by atoms with Gasteiger partial charge in [-0.1, -0.05) is 30.3 Å². The maximum Gasteiger partial charge on any atom is 0.316 e. The van der Waals surface area contributed by atoms with Gasteiger partial charge >= 0.3 is 11.8 Å². The monoisotopic (exact) mass is 320 g/mol. The molecular formula is C19H16N2O3. The first-order chi connectivity index (χ1) is 11.5. The zero-order valence-electron chi connectivity index (χ0n) is 13.1. The van der Waals surface area contributed by atoms with Crippen LogP contribution in [0.25, 0.3) is 10.8 Å². The first kappa shape index (κ1) is 15.6. The van der Waals surface area contributed by atoms with Crippen molar-refractivity contribution < 1.29 is 14.7 Å². The van der Waals surface area contributed by atoms with Crippen molar-refractivity contribution in [2.24, 2.45) is 0 Å². The molecule has 2 N–H and O–H groups in total. The molecule has 3 rings (SSSR count). The standard InChI is InChI=1S/C19H16N2O3/c1-21(16-8-10-17(22)11-9-16)19(24)18(23)20-15-7-6-13-4-2-3-5-14(13)12-15/h2-12,22H,1H3,(H,20,23). The number of carbonyl (C=O) groups is 2. The van der Waals surface area contributed by atoms with Crippen molar-refractivity contribution in [3.8, 4) is 5.75 Å². The van der Waals surface area contributed by atoms with Crippen LogP contribution < -0.4 is 10.2 Å². The first-order valence-electron chi connectivity index (χ1n) is 7.41. The Morgan fingerprint density at radius 2 is 1.58 bits per heavy atom. The smallest absolute Gasteiger partial charge is 0.316 e. The third kappa shape index (κ3) is 3.20. The first-order valence-corrected chi connectivity index (χ1v) is 7.41. The largest absolute Gasteiger partial charge is 0.508 e. The van der Waals surface area contributed by atoms with Crippen LogP contribution in [-0.4, -0.2) is 24.0 Å². The van der Waals surface area contributed by atoms with E-state index in [4.69, 9.17) is 0 Å². The Hall–Kier alpha value is -3.34. The number of fused-ring (bicyclic) bond motifs is 1. The van der Waals surface area contributed by atoms with Crippen molar-refractivity contribution in [2.45, 2.75) is 0 Å². The lowest BCUT2D eigenvalue weighted by Crippen LogP contribution is -2.37. The predicted octanol–water partition coefficient (Wildman–Crippen LogP) is 3.15. The summed E-state index contributed by atoms with van der Waals surface area (Å²) in [5, 5.41) is 13.9. The number of likely N-dealkylation sites (N-methyl/N-ethyl adjacent to an activating group) is 1. The molecular weight excluding hydrogens is 304 g/mol. The molecule has 0 heterocycles. The fraction of sp³-hybridized carbons (Fsp3) is 0.0526. The maximum atomic E-state index is 12.2. The minimum Gasteiger partial charge on any atom is -0.508 e. The van der Waals surface area contributed by atoms with Crippen LogP contribution in [0.4, 0.5) is 11.4 Å². The van der Waals surface area contributed by atoms with Crippen LogP contribution >= 0.6 is 0 Å². The van der Waals surface area contributed by atoms with Crippen molar-refractivity contribution in [1.82, 2.24) is 0 Å². The van der Waals surface area contributed by atoms with Gasteiger partial charge in [-0.15, -0.1) is 0 Å². The van der Waals surface area contributed by atoms with E-state index in [1.54, 1.807) is 18.2 Å². The van der Waals surface area contributed by atoms with E-state index in [0.717, 1.165) is 10.8 Å². The highest BCUT2D eigenvalue weighted by molar-refractivity contribution is 6.44. The topological polar surface area (TPSA) is 69.6 Å². The van der Waals surface area contributed by atoms with E-state index in [0.29, 0.717) is 11.4 Å². The number of carbonyl (C=O) groups excluding carboxylic acids is 2. The number of benzene rings is 3. The number of phenols is 1. The molecule has 5 nitrogen and oxygen atoms in total. The zero-order chi connectivity index (χ0) is 17.1. The highest BCUT2D eigenvalue weighted by Crippen LogP contribution is 2.20. The van der Waals surface area contributed by atoms with Gasteiger partial charge in [0.2, 0.25) is 0 Å². The molecule has 120 valence electrons. The molecule has 24 heavy (non-hydrogen) atoms. The summed E-state index contributed by atoms with van der Waals surface area (Å²) in [4.78, 5) is 25.7. The number of hydrogen-bond donors (Lipinski definition) is 2. The third-order valence-corrected chi connectivity index (χ3v) is 3.74. The summed E-state index contributed by atoms with van der Waals surface area (Å²) in [6.07, 6.45) is 0. The molecule has 0 fully saturated rings. The normalized spacial score (nSPS) is 10.4. The molecule has 0 unspecified atom stereocenters. The Morgan fingerprint density at radius 3 is 2.29 bits per heavy atom. The Morgan fingerprint density at radius 1 is 0.917 bits per heavy atom. The van der Waals surface area contributed by atoms with Gasteiger partial charge in [-0.25, -0.2) is 0 Å². The molecule has 3 aromatic rings. The number of rotatable bonds is 2. The summed E-state index contributed by atoms with van der Waals surface area (Å²) in [7, 11) is 1.51. The lowest BCUT2D eigenvalue weighted by molar-refractivity contribution is -0.134. The van der Waals surface area contributed by atoms with E-state index < -0.39 is 11.8 Å². The fourth-order valence-electron chi connectivity index (χ4n) is 2.40. The van der Waals surface area contributed by atoms with Gasteiger partial charge in [-0.2, -0.15) is 0 Å². The second-order valence-electron chi connectivity index (χ2n) is 5.40. The van der Waals surface area contributed by atoms with Crippen LogP contribution in [0.1, 0.15) is 0 Å². The number of hydrogen-bond acceptors (Lipinski definition) is 3. The number of phenolic OH excluding ortho intramolecular Hbond substituents is 1. The Labute approximate surface area is 139 Å². The minimum absolute atomic E-state index is 0.0974. The van der Waals surface area contributed by atoms with Crippen LogP contribution in [0, 0.1) is 0 Å². The van der Waals surface area contributed by atoms with Gasteiger partial charge in [-0.05, 0) is 47.2 Å².